The Bertz CT molecular complexity index is 2060. The van der Waals surface area contributed by atoms with Crippen molar-refractivity contribution in [3.8, 4) is 0 Å². The molecule has 6 aromatic carbocycles. The molecule has 6 aromatic rings. The second kappa shape index (κ2) is 15.6. The van der Waals surface area contributed by atoms with Crippen molar-refractivity contribution in [3.63, 3.8) is 0 Å². The van der Waals surface area contributed by atoms with Gasteiger partial charge in [-0.25, -0.2) is 0 Å². The van der Waals surface area contributed by atoms with Gasteiger partial charge in [0.05, 0.1) is 0 Å². The Hall–Kier alpha value is -6.17. The molecule has 2 aliphatic carbocycles. The van der Waals surface area contributed by atoms with Crippen molar-refractivity contribution in [2.75, 3.05) is 0 Å². The Morgan fingerprint density at radius 2 is 0.647 bits per heavy atom. The summed E-state index contributed by atoms with van der Waals surface area (Å²) in [4.78, 5) is 25.8. The monoisotopic (exact) mass is 708 g/mol. The van der Waals surface area contributed by atoms with Crippen molar-refractivity contribution < 1.29 is 36.3 Å². The van der Waals surface area contributed by atoms with Gasteiger partial charge in [0.15, 0.2) is 11.6 Å². The maximum atomic E-state index is 12.9. The van der Waals surface area contributed by atoms with E-state index in [9.17, 15) is 19.8 Å². The minimum Gasteiger partial charge on any atom is -0.872 e. The average Bonchev–Trinajstić information content (AvgIpc) is 3.58. The maximum absolute atomic E-state index is 12.9. The molecule has 6 nitrogen and oxygen atoms in total. The third kappa shape index (κ3) is 7.12. The SMILES string of the molecule is O=C1C(C([N-]c2ccccc2)c2ccccc2)=C([O-])c2ccccc21.O=C1C(C([N-]c2ccccc2)c2ccccc2)=C([O-])c2ccccc21.[Ni+2]. The Balaban J connectivity index is 0.000000172. The molecule has 0 radical (unpaired) electrons. The van der Waals surface area contributed by atoms with E-state index in [1.807, 2.05) is 121 Å². The molecule has 252 valence electrons. The van der Waals surface area contributed by atoms with E-state index in [-0.39, 0.29) is 50.7 Å². The van der Waals surface area contributed by atoms with Crippen LogP contribution in [0.25, 0.3) is 22.2 Å². The summed E-state index contributed by atoms with van der Waals surface area (Å²) in [6.45, 7) is 0. The first kappa shape index (κ1) is 34.7. The van der Waals surface area contributed by atoms with Crippen LogP contribution < -0.4 is 10.2 Å². The van der Waals surface area contributed by atoms with Crippen LogP contribution in [0.15, 0.2) is 181 Å². The van der Waals surface area contributed by atoms with E-state index < -0.39 is 12.1 Å². The van der Waals surface area contributed by atoms with Crippen molar-refractivity contribution >= 4 is 34.5 Å². The Kier molecular flexibility index (Phi) is 10.6. The van der Waals surface area contributed by atoms with Gasteiger partial charge in [-0.05, 0) is 22.3 Å². The molecule has 0 fully saturated rings. The minimum absolute atomic E-state index is 0. The van der Waals surface area contributed by atoms with E-state index in [4.69, 9.17) is 10.6 Å². The third-order valence-electron chi connectivity index (χ3n) is 8.66. The number of ketones is 2. The molecule has 0 saturated heterocycles. The van der Waals surface area contributed by atoms with Gasteiger partial charge >= 0.3 is 16.5 Å². The molecule has 0 bridgehead atoms. The standard InChI is InChI=1S/2C22H16NO2.Ni/c2*24-21-17-13-7-8-14-18(17)22(25)19(21)20(15-9-3-1-4-10-15)23-16-11-5-2-6-12-16;/h2*1-14,20H,(H,24,25);/q2*-1;+2/p-2. The third-order valence-corrected chi connectivity index (χ3v) is 8.66. The summed E-state index contributed by atoms with van der Waals surface area (Å²) >= 11 is 0. The smallest absolute Gasteiger partial charge is 0.872 e. The van der Waals surface area contributed by atoms with Gasteiger partial charge in [0.1, 0.15) is 0 Å². The zero-order chi connectivity index (χ0) is 34.5. The number of carbonyl (C=O) groups excluding carboxylic acids is 2. The summed E-state index contributed by atoms with van der Waals surface area (Å²) in [5.41, 5.74) is 5.43. The Labute approximate surface area is 306 Å². The van der Waals surface area contributed by atoms with Gasteiger partial charge in [0.25, 0.3) is 0 Å². The molecule has 2 aliphatic rings. The maximum Gasteiger partial charge on any atom is 2.00 e. The number of fused-ring (bicyclic) bond motifs is 2. The van der Waals surface area contributed by atoms with E-state index in [1.54, 1.807) is 48.5 Å². The van der Waals surface area contributed by atoms with E-state index in [1.165, 1.54) is 0 Å². The van der Waals surface area contributed by atoms with Crippen LogP contribution in [0.3, 0.4) is 0 Å². The number of carbonyl (C=O) groups is 2. The number of hydrogen-bond acceptors (Lipinski definition) is 4. The Morgan fingerprint density at radius 3 is 0.961 bits per heavy atom. The molecule has 51 heavy (non-hydrogen) atoms. The number of benzene rings is 6. The fraction of sp³-hybridized carbons (Fsp3) is 0.0455. The van der Waals surface area contributed by atoms with E-state index >= 15 is 0 Å². The van der Waals surface area contributed by atoms with Crippen LogP contribution in [0, 0.1) is 0 Å². The normalized spacial score (nSPS) is 14.0. The fourth-order valence-electron chi connectivity index (χ4n) is 6.25. The van der Waals surface area contributed by atoms with Crippen LogP contribution in [0.1, 0.15) is 55.1 Å². The van der Waals surface area contributed by atoms with Gasteiger partial charge in [-0.1, -0.05) is 205 Å². The predicted molar refractivity (Wildman–Crippen MR) is 193 cm³/mol. The molecule has 0 saturated carbocycles. The molecule has 2 atom stereocenters. The summed E-state index contributed by atoms with van der Waals surface area (Å²) in [5.74, 6) is -0.911. The summed E-state index contributed by atoms with van der Waals surface area (Å²) in [7, 11) is 0. The fourth-order valence-corrected chi connectivity index (χ4v) is 6.25. The van der Waals surface area contributed by atoms with Crippen LogP contribution >= 0.6 is 0 Å². The summed E-state index contributed by atoms with van der Waals surface area (Å²) < 4.78 is 0. The second-order valence-corrected chi connectivity index (χ2v) is 11.8. The molecule has 8 rings (SSSR count). The quantitative estimate of drug-likeness (QED) is 0.147. The number of hydrogen-bond donors (Lipinski definition) is 0. The first-order chi connectivity index (χ1) is 24.5. The summed E-state index contributed by atoms with van der Waals surface area (Å²) in [5, 5.41) is 35.2. The number of para-hydroxylation sites is 2. The molecule has 0 aliphatic heterocycles. The van der Waals surface area contributed by atoms with E-state index in [2.05, 4.69) is 0 Å². The molecule has 0 spiro atoms. The topological polar surface area (TPSA) is 108 Å². The van der Waals surface area contributed by atoms with Crippen LogP contribution in [-0.4, -0.2) is 11.6 Å². The van der Waals surface area contributed by atoms with Crippen molar-refractivity contribution in [2.24, 2.45) is 0 Å². The molecule has 0 N–H and O–H groups in total. The van der Waals surface area contributed by atoms with Gasteiger partial charge < -0.3 is 20.8 Å². The predicted octanol–water partition coefficient (Wildman–Crippen LogP) is 8.80. The first-order valence-corrected chi connectivity index (χ1v) is 16.2. The first-order valence-electron chi connectivity index (χ1n) is 16.2. The van der Waals surface area contributed by atoms with E-state index in [0.29, 0.717) is 22.3 Å². The van der Waals surface area contributed by atoms with Crippen molar-refractivity contribution in [1.82, 2.24) is 0 Å². The molecule has 7 heteroatoms. The largest absolute Gasteiger partial charge is 2.00 e. The van der Waals surface area contributed by atoms with Gasteiger partial charge in [0, 0.05) is 11.1 Å². The molecule has 0 aromatic heterocycles. The van der Waals surface area contributed by atoms with Gasteiger partial charge in [-0.15, -0.1) is 11.4 Å². The average molecular weight is 709 g/mol. The second-order valence-electron chi connectivity index (χ2n) is 11.8. The summed E-state index contributed by atoms with van der Waals surface area (Å²) in [6.07, 6.45) is 0. The van der Waals surface area contributed by atoms with Gasteiger partial charge in [-0.2, -0.15) is 0 Å². The van der Waals surface area contributed by atoms with E-state index in [0.717, 1.165) is 22.5 Å². The molecule has 2 unspecified atom stereocenters. The molecule has 0 amide bonds. The van der Waals surface area contributed by atoms with Crippen LogP contribution in [0.5, 0.6) is 0 Å². The molecular weight excluding hydrogens is 679 g/mol. The van der Waals surface area contributed by atoms with Gasteiger partial charge in [0.2, 0.25) is 0 Å². The van der Waals surface area contributed by atoms with Crippen LogP contribution in [0.4, 0.5) is 11.4 Å². The Morgan fingerprint density at radius 1 is 0.373 bits per heavy atom. The van der Waals surface area contributed by atoms with Crippen molar-refractivity contribution in [3.05, 3.63) is 225 Å². The molecular formula is C44H30N2NiO4-2. The van der Waals surface area contributed by atoms with Crippen LogP contribution in [0.2, 0.25) is 0 Å². The zero-order valence-electron chi connectivity index (χ0n) is 27.2. The minimum atomic E-state index is -0.615. The molecule has 0 heterocycles. The van der Waals surface area contributed by atoms with Crippen molar-refractivity contribution in [2.45, 2.75) is 12.1 Å². The number of Topliss-reactive ketones (excluding diaryl/α,β-unsaturated/α-hetero) is 2. The van der Waals surface area contributed by atoms with Gasteiger partial charge in [-0.3, -0.25) is 9.59 Å². The number of nitrogens with zero attached hydrogens (tertiary/aromatic N) is 2. The zero-order valence-corrected chi connectivity index (χ0v) is 28.2. The summed E-state index contributed by atoms with van der Waals surface area (Å²) in [6, 6.07) is 50.5. The van der Waals surface area contributed by atoms with Crippen LogP contribution in [-0.2, 0) is 16.5 Å². The van der Waals surface area contributed by atoms with Crippen molar-refractivity contribution in [1.29, 1.82) is 0 Å². The number of rotatable bonds is 8.